The molecule has 1 heterocycles. The van der Waals surface area contributed by atoms with E-state index in [1.165, 1.54) is 57.8 Å². The maximum absolute atomic E-state index is 13.2. The second kappa shape index (κ2) is 18.8. The molecule has 0 amide bonds. The lowest BCUT2D eigenvalue weighted by Gasteiger charge is -2.34. The van der Waals surface area contributed by atoms with Crippen LogP contribution in [0.1, 0.15) is 118 Å². The van der Waals surface area contributed by atoms with Crippen LogP contribution >= 0.6 is 7.82 Å². The van der Waals surface area contributed by atoms with Crippen molar-refractivity contribution in [1.29, 1.82) is 0 Å². The number of hydrogen-bond acceptors (Lipinski definition) is 6. The Morgan fingerprint density at radius 3 is 1.53 bits per heavy atom. The summed E-state index contributed by atoms with van der Waals surface area (Å²) in [7, 11) is -3.60. The molecule has 0 saturated heterocycles. The van der Waals surface area contributed by atoms with Crippen LogP contribution in [0.3, 0.4) is 0 Å². The number of hydrogen-bond donors (Lipinski definition) is 0. The van der Waals surface area contributed by atoms with Crippen LogP contribution in [0.25, 0.3) is 0 Å². The minimum atomic E-state index is -3.60. The van der Waals surface area contributed by atoms with Crippen molar-refractivity contribution in [2.24, 2.45) is 0 Å². The molecule has 0 aromatic rings. The molecule has 6 nitrogen and oxygen atoms in total. The van der Waals surface area contributed by atoms with E-state index in [2.05, 4.69) is 36.0 Å². The first-order valence-electron chi connectivity index (χ1n) is 13.4. The number of nitrogens with zero attached hydrogens (tertiary/aromatic N) is 2. The molecule has 0 fully saturated rings. The average Bonchev–Trinajstić information content (AvgIpc) is 3.17. The van der Waals surface area contributed by atoms with Crippen LogP contribution < -0.4 is 0 Å². The summed E-state index contributed by atoms with van der Waals surface area (Å²) in [5.41, 5.74) is 0. The zero-order valence-electron chi connectivity index (χ0n) is 21.4. The zero-order chi connectivity index (χ0) is 23.5. The summed E-state index contributed by atoms with van der Waals surface area (Å²) in [5, 5.41) is 0. The van der Waals surface area contributed by atoms with Crippen molar-refractivity contribution >= 4 is 7.82 Å². The van der Waals surface area contributed by atoms with Crippen LogP contribution in [0.4, 0.5) is 0 Å². The largest absolute Gasteiger partial charge is 0.478 e. The highest BCUT2D eigenvalue weighted by Crippen LogP contribution is 2.52. The highest BCUT2D eigenvalue weighted by atomic mass is 31.2. The third kappa shape index (κ3) is 12.6. The minimum absolute atomic E-state index is 0.370. The summed E-state index contributed by atoms with van der Waals surface area (Å²) < 4.78 is 30.5. The van der Waals surface area contributed by atoms with Gasteiger partial charge in [0.05, 0.1) is 13.2 Å². The molecular weight excluding hydrogens is 423 g/mol. The first kappa shape index (κ1) is 29.5. The van der Waals surface area contributed by atoms with Gasteiger partial charge in [0.25, 0.3) is 0 Å². The molecule has 1 rings (SSSR count). The SMILES string of the molecule is CCCCCCCCCCCCN1C=CN(CCCC)C1OP(=O)(OCCC)OCCC. The van der Waals surface area contributed by atoms with Gasteiger partial charge in [-0.15, -0.1) is 0 Å². The van der Waals surface area contributed by atoms with E-state index in [4.69, 9.17) is 13.6 Å². The van der Waals surface area contributed by atoms with E-state index in [1.807, 2.05) is 13.8 Å². The van der Waals surface area contributed by atoms with Crippen molar-refractivity contribution < 1.29 is 18.1 Å². The van der Waals surface area contributed by atoms with Crippen LogP contribution in [0.2, 0.25) is 0 Å². The van der Waals surface area contributed by atoms with Gasteiger partial charge in [0.2, 0.25) is 6.35 Å². The highest BCUT2D eigenvalue weighted by Gasteiger charge is 2.37. The van der Waals surface area contributed by atoms with E-state index in [-0.39, 0.29) is 0 Å². The van der Waals surface area contributed by atoms with Gasteiger partial charge in [0, 0.05) is 25.5 Å². The summed E-state index contributed by atoms with van der Waals surface area (Å²) in [6.07, 6.45) is 20.6. The van der Waals surface area contributed by atoms with E-state index in [1.54, 1.807) is 0 Å². The number of phosphoric acid groups is 1. The maximum Gasteiger partial charge on any atom is 0.478 e. The summed E-state index contributed by atoms with van der Waals surface area (Å²) in [6, 6.07) is 0. The lowest BCUT2D eigenvalue weighted by atomic mass is 10.1. The average molecular weight is 475 g/mol. The molecule has 0 bridgehead atoms. The normalized spacial score (nSPS) is 16.4. The molecule has 32 heavy (non-hydrogen) atoms. The van der Waals surface area contributed by atoms with Crippen LogP contribution in [0.15, 0.2) is 12.4 Å². The monoisotopic (exact) mass is 474 g/mol. The fourth-order valence-corrected chi connectivity index (χ4v) is 5.22. The minimum Gasteiger partial charge on any atom is -0.334 e. The van der Waals surface area contributed by atoms with Crippen LogP contribution in [0, 0.1) is 0 Å². The van der Waals surface area contributed by atoms with Gasteiger partial charge in [-0.2, -0.15) is 0 Å². The molecule has 0 radical (unpaired) electrons. The predicted molar refractivity (Wildman–Crippen MR) is 134 cm³/mol. The van der Waals surface area contributed by atoms with Crippen molar-refractivity contribution in [2.75, 3.05) is 26.3 Å². The fraction of sp³-hybridized carbons (Fsp3) is 0.920. The summed E-state index contributed by atoms with van der Waals surface area (Å²) in [5.74, 6) is 0. The van der Waals surface area contributed by atoms with Crippen LogP contribution in [-0.4, -0.2) is 42.5 Å². The van der Waals surface area contributed by atoms with Gasteiger partial charge in [0.15, 0.2) is 0 Å². The Bertz CT molecular complexity index is 506. The van der Waals surface area contributed by atoms with E-state index >= 15 is 0 Å². The lowest BCUT2D eigenvalue weighted by molar-refractivity contribution is -0.0555. The third-order valence-electron chi connectivity index (χ3n) is 5.69. The second-order valence-electron chi connectivity index (χ2n) is 8.85. The Morgan fingerprint density at radius 1 is 0.625 bits per heavy atom. The molecule has 0 spiro atoms. The zero-order valence-corrected chi connectivity index (χ0v) is 22.3. The van der Waals surface area contributed by atoms with Crippen LogP contribution in [-0.2, 0) is 18.1 Å². The summed E-state index contributed by atoms with van der Waals surface area (Å²) in [4.78, 5) is 4.27. The molecule has 1 unspecified atom stereocenters. The molecule has 1 aliphatic rings. The van der Waals surface area contributed by atoms with E-state index in [0.29, 0.717) is 13.2 Å². The molecule has 7 heteroatoms. The standard InChI is InChI=1S/C25H51N2O4P/c1-5-9-11-12-13-14-15-16-17-18-20-27-22-21-26(19-10-6-2)25(27)31-32(28,29-23-7-3)30-24-8-4/h21-22,25H,5-20,23-24H2,1-4H3. The van der Waals surface area contributed by atoms with Gasteiger partial charge >= 0.3 is 7.82 Å². The van der Waals surface area contributed by atoms with Gasteiger partial charge in [-0.05, 0) is 25.7 Å². The van der Waals surface area contributed by atoms with Gasteiger partial charge in [-0.3, -0.25) is 9.05 Å². The molecule has 0 aliphatic carbocycles. The van der Waals surface area contributed by atoms with Gasteiger partial charge < -0.3 is 9.80 Å². The van der Waals surface area contributed by atoms with Gasteiger partial charge in [-0.1, -0.05) is 91.9 Å². The smallest absolute Gasteiger partial charge is 0.334 e. The Kier molecular flexibility index (Phi) is 17.3. The number of phosphoric ester groups is 1. The van der Waals surface area contributed by atoms with E-state index in [0.717, 1.165) is 45.2 Å². The van der Waals surface area contributed by atoms with Crippen molar-refractivity contribution in [3.63, 3.8) is 0 Å². The topological polar surface area (TPSA) is 51.2 Å². The quantitative estimate of drug-likeness (QED) is 0.117. The Balaban J connectivity index is 2.49. The molecule has 0 saturated carbocycles. The first-order chi connectivity index (χ1) is 15.6. The number of rotatable bonds is 22. The predicted octanol–water partition coefficient (Wildman–Crippen LogP) is 8.06. The molecule has 0 aromatic carbocycles. The summed E-state index contributed by atoms with van der Waals surface area (Å²) in [6.45, 7) is 10.9. The molecule has 1 atom stereocenters. The Hall–Kier alpha value is -0.550. The van der Waals surface area contributed by atoms with Crippen molar-refractivity contribution in [2.45, 2.75) is 124 Å². The second-order valence-corrected chi connectivity index (χ2v) is 10.5. The first-order valence-corrected chi connectivity index (χ1v) is 14.8. The Labute approximate surface area is 198 Å². The third-order valence-corrected chi connectivity index (χ3v) is 7.13. The number of unbranched alkanes of at least 4 members (excludes halogenated alkanes) is 10. The van der Waals surface area contributed by atoms with E-state index in [9.17, 15) is 4.57 Å². The van der Waals surface area contributed by atoms with Gasteiger partial charge in [-0.25, -0.2) is 9.09 Å². The highest BCUT2D eigenvalue weighted by molar-refractivity contribution is 7.48. The lowest BCUT2D eigenvalue weighted by Crippen LogP contribution is -2.41. The summed E-state index contributed by atoms with van der Waals surface area (Å²) >= 11 is 0. The van der Waals surface area contributed by atoms with Crippen LogP contribution in [0.5, 0.6) is 0 Å². The maximum atomic E-state index is 13.2. The van der Waals surface area contributed by atoms with Crippen molar-refractivity contribution in [3.8, 4) is 0 Å². The van der Waals surface area contributed by atoms with Crippen molar-refractivity contribution in [1.82, 2.24) is 9.80 Å². The van der Waals surface area contributed by atoms with Crippen molar-refractivity contribution in [3.05, 3.63) is 12.4 Å². The molecule has 1 aliphatic heterocycles. The fourth-order valence-electron chi connectivity index (χ4n) is 3.74. The Morgan fingerprint density at radius 2 is 1.06 bits per heavy atom. The van der Waals surface area contributed by atoms with Gasteiger partial charge in [0.1, 0.15) is 0 Å². The van der Waals surface area contributed by atoms with E-state index < -0.39 is 14.2 Å². The molecule has 0 N–H and O–H groups in total. The molecular formula is C25H51N2O4P. The molecule has 190 valence electrons. The molecule has 0 aromatic heterocycles.